The number of aromatic nitrogens is 4. The van der Waals surface area contributed by atoms with Crippen LogP contribution in [0.15, 0.2) is 48.5 Å². The summed E-state index contributed by atoms with van der Waals surface area (Å²) < 4.78 is 41.3. The molecule has 1 aliphatic carbocycles. The lowest BCUT2D eigenvalue weighted by Gasteiger charge is -2.17. The average molecular weight is 524 g/mol. The van der Waals surface area contributed by atoms with E-state index in [1.165, 1.54) is 12.1 Å². The Morgan fingerprint density at radius 3 is 2.39 bits per heavy atom. The van der Waals surface area contributed by atoms with Crippen molar-refractivity contribution in [1.29, 1.82) is 0 Å². The van der Waals surface area contributed by atoms with Gasteiger partial charge in [-0.15, -0.1) is 0 Å². The summed E-state index contributed by atoms with van der Waals surface area (Å²) in [6.45, 7) is 6.38. The Balaban J connectivity index is 1.70. The molecule has 2 aromatic heterocycles. The van der Waals surface area contributed by atoms with Gasteiger partial charge in [-0.25, -0.2) is 19.7 Å². The van der Waals surface area contributed by atoms with E-state index >= 15 is 0 Å². The van der Waals surface area contributed by atoms with E-state index in [0.717, 1.165) is 36.1 Å². The molecule has 2 N–H and O–H groups in total. The number of carbonyl (C=O) groups is 1. The fraction of sp³-hybridized carbons (Fsp3) is 0.357. The molecule has 38 heavy (non-hydrogen) atoms. The van der Waals surface area contributed by atoms with Gasteiger partial charge in [0.05, 0.1) is 5.56 Å². The standard InChI is InChI=1S/C28H28F3N5O2/c1-15(2)19-5-4-6-20(13-19)26-35-24-22(36(26)14-17-7-11-21(12-8-17)28(29,30)31)23(32-16(3)18-9-10-18)33-25(34-24)27(37)38/h4-8,11-13,15-16,18H,9-10,14H2,1-3H3,(H,37,38)(H,32,33,34). The van der Waals surface area contributed by atoms with Gasteiger partial charge in [0.2, 0.25) is 5.82 Å². The maximum absolute atomic E-state index is 13.2. The average Bonchev–Trinajstić information content (AvgIpc) is 3.66. The van der Waals surface area contributed by atoms with Gasteiger partial charge in [-0.1, -0.05) is 44.2 Å². The van der Waals surface area contributed by atoms with Crippen molar-refractivity contribution in [1.82, 2.24) is 19.5 Å². The molecule has 10 heteroatoms. The van der Waals surface area contributed by atoms with Crippen molar-refractivity contribution in [3.05, 3.63) is 71.0 Å². The van der Waals surface area contributed by atoms with Crippen molar-refractivity contribution in [2.24, 2.45) is 5.92 Å². The molecule has 1 unspecified atom stereocenters. The molecule has 4 aromatic rings. The summed E-state index contributed by atoms with van der Waals surface area (Å²) in [6.07, 6.45) is -2.28. The molecule has 7 nitrogen and oxygen atoms in total. The van der Waals surface area contributed by atoms with Crippen molar-refractivity contribution in [3.63, 3.8) is 0 Å². The van der Waals surface area contributed by atoms with E-state index in [-0.39, 0.29) is 30.0 Å². The molecule has 1 atom stereocenters. The van der Waals surface area contributed by atoms with Crippen molar-refractivity contribution in [2.45, 2.75) is 58.3 Å². The number of benzene rings is 2. The Morgan fingerprint density at radius 1 is 1.08 bits per heavy atom. The third kappa shape index (κ3) is 5.20. The number of carboxylic acids is 1. The highest BCUT2D eigenvalue weighted by atomic mass is 19.4. The number of hydrogen-bond acceptors (Lipinski definition) is 5. The number of nitrogens with one attached hydrogen (secondary N) is 1. The summed E-state index contributed by atoms with van der Waals surface area (Å²) in [5, 5.41) is 13.0. The van der Waals surface area contributed by atoms with Gasteiger partial charge in [0.15, 0.2) is 11.5 Å². The number of carboxylic acid groups (broad SMARTS) is 1. The lowest BCUT2D eigenvalue weighted by Crippen LogP contribution is -2.20. The molecule has 1 aliphatic rings. The molecule has 5 rings (SSSR count). The second kappa shape index (κ2) is 9.74. The molecule has 198 valence electrons. The number of anilines is 1. The van der Waals surface area contributed by atoms with Gasteiger partial charge in [0.1, 0.15) is 11.3 Å². The van der Waals surface area contributed by atoms with Gasteiger partial charge in [-0.05, 0) is 60.9 Å². The van der Waals surface area contributed by atoms with E-state index in [9.17, 15) is 23.1 Å². The summed E-state index contributed by atoms with van der Waals surface area (Å²) in [7, 11) is 0. The van der Waals surface area contributed by atoms with E-state index < -0.39 is 17.7 Å². The minimum absolute atomic E-state index is 0.0527. The molecular weight excluding hydrogens is 495 g/mol. The smallest absolute Gasteiger partial charge is 0.416 e. The first kappa shape index (κ1) is 25.7. The largest absolute Gasteiger partial charge is 0.475 e. The van der Waals surface area contributed by atoms with Gasteiger partial charge < -0.3 is 15.0 Å². The predicted octanol–water partition coefficient (Wildman–Crippen LogP) is 6.59. The number of halogens is 3. The zero-order valence-corrected chi connectivity index (χ0v) is 21.3. The number of imidazole rings is 1. The van der Waals surface area contributed by atoms with Crippen LogP contribution >= 0.6 is 0 Å². The molecule has 2 heterocycles. The molecule has 2 aromatic carbocycles. The molecule has 0 amide bonds. The molecule has 1 fully saturated rings. The highest BCUT2D eigenvalue weighted by Crippen LogP contribution is 2.36. The lowest BCUT2D eigenvalue weighted by atomic mass is 10.0. The Hall–Kier alpha value is -3.95. The van der Waals surface area contributed by atoms with Crippen LogP contribution in [-0.4, -0.2) is 36.6 Å². The molecule has 0 saturated heterocycles. The van der Waals surface area contributed by atoms with Crippen LogP contribution in [0.2, 0.25) is 0 Å². The number of hydrogen-bond donors (Lipinski definition) is 2. The highest BCUT2D eigenvalue weighted by Gasteiger charge is 2.31. The zero-order valence-electron chi connectivity index (χ0n) is 21.3. The Morgan fingerprint density at radius 2 is 1.79 bits per heavy atom. The van der Waals surface area contributed by atoms with Crippen LogP contribution in [-0.2, 0) is 12.7 Å². The lowest BCUT2D eigenvalue weighted by molar-refractivity contribution is -0.137. The van der Waals surface area contributed by atoms with E-state index in [1.807, 2.05) is 35.8 Å². The van der Waals surface area contributed by atoms with Crippen LogP contribution in [0.5, 0.6) is 0 Å². The van der Waals surface area contributed by atoms with Crippen LogP contribution in [0.3, 0.4) is 0 Å². The van der Waals surface area contributed by atoms with Crippen LogP contribution in [0.1, 0.15) is 66.8 Å². The number of aromatic carboxylic acids is 1. The molecule has 1 saturated carbocycles. The van der Waals surface area contributed by atoms with E-state index in [4.69, 9.17) is 4.98 Å². The normalized spacial score (nSPS) is 14.7. The summed E-state index contributed by atoms with van der Waals surface area (Å²) in [5.41, 5.74) is 2.50. The zero-order chi connectivity index (χ0) is 27.2. The van der Waals surface area contributed by atoms with E-state index in [0.29, 0.717) is 28.6 Å². The Bertz CT molecular complexity index is 1490. The molecule has 0 bridgehead atoms. The molecule has 0 spiro atoms. The van der Waals surface area contributed by atoms with Gasteiger partial charge in [0.25, 0.3) is 0 Å². The van der Waals surface area contributed by atoms with Crippen LogP contribution < -0.4 is 5.32 Å². The Kier molecular flexibility index (Phi) is 6.58. The molecule has 0 radical (unpaired) electrons. The summed E-state index contributed by atoms with van der Waals surface area (Å²) in [6, 6.07) is 12.9. The number of nitrogens with zero attached hydrogens (tertiary/aromatic N) is 4. The molecule has 0 aliphatic heterocycles. The van der Waals surface area contributed by atoms with Crippen LogP contribution in [0, 0.1) is 5.92 Å². The minimum atomic E-state index is -4.43. The Labute approximate surface area is 217 Å². The van der Waals surface area contributed by atoms with Crippen molar-refractivity contribution < 1.29 is 23.1 Å². The topological polar surface area (TPSA) is 92.9 Å². The van der Waals surface area contributed by atoms with Crippen LogP contribution in [0.25, 0.3) is 22.6 Å². The van der Waals surface area contributed by atoms with Gasteiger partial charge >= 0.3 is 12.1 Å². The second-order valence-corrected chi connectivity index (χ2v) is 10.1. The van der Waals surface area contributed by atoms with E-state index in [2.05, 4.69) is 29.1 Å². The van der Waals surface area contributed by atoms with E-state index in [1.54, 1.807) is 0 Å². The van der Waals surface area contributed by atoms with Crippen LogP contribution in [0.4, 0.5) is 19.0 Å². The number of rotatable bonds is 8. The quantitative estimate of drug-likeness (QED) is 0.271. The fourth-order valence-electron chi connectivity index (χ4n) is 4.56. The first-order valence-electron chi connectivity index (χ1n) is 12.6. The van der Waals surface area contributed by atoms with Gasteiger partial charge in [-0.3, -0.25) is 0 Å². The predicted molar refractivity (Wildman–Crippen MR) is 138 cm³/mol. The highest BCUT2D eigenvalue weighted by molar-refractivity contribution is 5.92. The second-order valence-electron chi connectivity index (χ2n) is 10.1. The third-order valence-electron chi connectivity index (χ3n) is 6.92. The summed E-state index contributed by atoms with van der Waals surface area (Å²) >= 11 is 0. The van der Waals surface area contributed by atoms with Crippen molar-refractivity contribution in [2.75, 3.05) is 5.32 Å². The summed E-state index contributed by atoms with van der Waals surface area (Å²) in [5.74, 6) is -0.0438. The fourth-order valence-corrected chi connectivity index (χ4v) is 4.56. The summed E-state index contributed by atoms with van der Waals surface area (Å²) in [4.78, 5) is 25.1. The number of fused-ring (bicyclic) bond motifs is 1. The van der Waals surface area contributed by atoms with Crippen molar-refractivity contribution >= 4 is 23.0 Å². The SMILES string of the molecule is CC(C)c1cccc(-c2nc3nc(C(=O)O)nc(NC(C)C4CC4)c3n2Cc2ccc(C(F)(F)F)cc2)c1. The first-order valence-corrected chi connectivity index (χ1v) is 12.6. The van der Waals surface area contributed by atoms with Gasteiger partial charge in [0, 0.05) is 18.2 Å². The minimum Gasteiger partial charge on any atom is -0.475 e. The third-order valence-corrected chi connectivity index (χ3v) is 6.92. The van der Waals surface area contributed by atoms with Gasteiger partial charge in [-0.2, -0.15) is 13.2 Å². The first-order chi connectivity index (χ1) is 18.0. The number of alkyl halides is 3. The maximum atomic E-state index is 13.2. The monoisotopic (exact) mass is 523 g/mol. The molecular formula is C28H28F3N5O2. The maximum Gasteiger partial charge on any atom is 0.416 e. The van der Waals surface area contributed by atoms with Crippen molar-refractivity contribution in [3.8, 4) is 11.4 Å².